The maximum Gasteiger partial charge on any atom is 0.349 e. The van der Waals surface area contributed by atoms with Crippen LogP contribution in [0.2, 0.25) is 0 Å². The van der Waals surface area contributed by atoms with Gasteiger partial charge in [0.05, 0.1) is 19.3 Å². The fourth-order valence-corrected chi connectivity index (χ4v) is 5.23. The van der Waals surface area contributed by atoms with Crippen molar-refractivity contribution >= 4 is 27.3 Å². The number of carbonyl (C=O) groups excluding carboxylic acids is 1. The smallest absolute Gasteiger partial charge is 0.349 e. The van der Waals surface area contributed by atoms with E-state index >= 15 is 0 Å². The maximum atomic E-state index is 12.4. The van der Waals surface area contributed by atoms with E-state index in [1.54, 1.807) is 6.07 Å². The van der Waals surface area contributed by atoms with Gasteiger partial charge in [0, 0.05) is 12.6 Å². The molecule has 0 unspecified atom stereocenters. The lowest BCUT2D eigenvalue weighted by molar-refractivity contribution is 0.0602. The van der Waals surface area contributed by atoms with Gasteiger partial charge in [-0.3, -0.25) is 4.79 Å². The molecular formula is C16H19N3O5S2. The van der Waals surface area contributed by atoms with Crippen LogP contribution in [0, 0.1) is 0 Å². The molecule has 0 saturated carbocycles. The number of nitrogens with zero attached hydrogens (tertiary/aromatic N) is 2. The summed E-state index contributed by atoms with van der Waals surface area (Å²) in [5.41, 5.74) is 1.65. The molecule has 0 atom stereocenters. The first-order chi connectivity index (χ1) is 12.4. The van der Waals surface area contributed by atoms with E-state index < -0.39 is 16.0 Å². The van der Waals surface area contributed by atoms with Gasteiger partial charge in [0.15, 0.2) is 0 Å². The Kier molecular flexibility index (Phi) is 5.54. The van der Waals surface area contributed by atoms with Gasteiger partial charge < -0.3 is 4.74 Å². The minimum atomic E-state index is -3.89. The van der Waals surface area contributed by atoms with Gasteiger partial charge in [-0.2, -0.15) is 5.10 Å². The third-order valence-corrected chi connectivity index (χ3v) is 6.71. The molecule has 0 fully saturated rings. The Hall–Kier alpha value is -2.04. The van der Waals surface area contributed by atoms with E-state index in [1.165, 1.54) is 23.2 Å². The van der Waals surface area contributed by atoms with Crippen LogP contribution in [0.15, 0.2) is 27.2 Å². The normalized spacial score (nSPS) is 14.0. The highest BCUT2D eigenvalue weighted by Crippen LogP contribution is 2.22. The van der Waals surface area contributed by atoms with Gasteiger partial charge in [-0.05, 0) is 42.7 Å². The summed E-state index contributed by atoms with van der Waals surface area (Å²) >= 11 is 0.996. The van der Waals surface area contributed by atoms with Crippen molar-refractivity contribution in [2.24, 2.45) is 0 Å². The second kappa shape index (κ2) is 7.68. The molecule has 2 aromatic heterocycles. The van der Waals surface area contributed by atoms with Crippen molar-refractivity contribution in [3.8, 4) is 0 Å². The van der Waals surface area contributed by atoms with Crippen LogP contribution in [0.3, 0.4) is 0 Å². The predicted molar refractivity (Wildman–Crippen MR) is 96.0 cm³/mol. The number of ether oxygens (including phenoxy) is 1. The summed E-state index contributed by atoms with van der Waals surface area (Å²) in [6, 6.07) is 2.94. The second-order valence-electron chi connectivity index (χ2n) is 5.89. The second-order valence-corrected chi connectivity index (χ2v) is 8.54. The Morgan fingerprint density at radius 2 is 2.15 bits per heavy atom. The Morgan fingerprint density at radius 1 is 1.38 bits per heavy atom. The van der Waals surface area contributed by atoms with Gasteiger partial charge in [-0.25, -0.2) is 22.6 Å². The van der Waals surface area contributed by atoms with Crippen LogP contribution in [0.25, 0.3) is 0 Å². The van der Waals surface area contributed by atoms with Crippen molar-refractivity contribution < 1.29 is 17.9 Å². The maximum absolute atomic E-state index is 12.4. The molecule has 0 radical (unpaired) electrons. The molecule has 8 nitrogen and oxygen atoms in total. The van der Waals surface area contributed by atoms with Gasteiger partial charge in [-0.1, -0.05) is 0 Å². The lowest BCUT2D eigenvalue weighted by atomic mass is 9.97. The number of esters is 1. The molecule has 2 aromatic rings. The van der Waals surface area contributed by atoms with Crippen LogP contribution < -0.4 is 10.3 Å². The Balaban J connectivity index is 1.71. The first kappa shape index (κ1) is 18.7. The van der Waals surface area contributed by atoms with Crippen molar-refractivity contribution in [3.05, 3.63) is 44.0 Å². The fourth-order valence-electron chi connectivity index (χ4n) is 2.88. The molecule has 1 aliphatic rings. The highest BCUT2D eigenvalue weighted by Gasteiger charge is 2.24. The molecular weight excluding hydrogens is 378 g/mol. The topological polar surface area (TPSA) is 107 Å². The quantitative estimate of drug-likeness (QED) is 0.727. The number of aromatic nitrogens is 2. The van der Waals surface area contributed by atoms with Crippen molar-refractivity contribution in [1.29, 1.82) is 0 Å². The molecule has 3 rings (SSSR count). The minimum Gasteiger partial charge on any atom is -0.465 e. The number of thiophene rings is 1. The molecule has 0 amide bonds. The Morgan fingerprint density at radius 3 is 2.92 bits per heavy atom. The summed E-state index contributed by atoms with van der Waals surface area (Å²) in [7, 11) is -2.69. The van der Waals surface area contributed by atoms with Gasteiger partial charge in [-0.15, -0.1) is 11.3 Å². The van der Waals surface area contributed by atoms with E-state index in [-0.39, 0.29) is 28.4 Å². The van der Waals surface area contributed by atoms with Crippen molar-refractivity contribution in [3.63, 3.8) is 0 Å². The number of methoxy groups -OCH3 is 1. The van der Waals surface area contributed by atoms with Gasteiger partial charge in [0.25, 0.3) is 5.56 Å². The van der Waals surface area contributed by atoms with E-state index in [2.05, 4.69) is 14.6 Å². The molecule has 0 aliphatic heterocycles. The average molecular weight is 397 g/mol. The summed E-state index contributed by atoms with van der Waals surface area (Å²) in [4.78, 5) is 23.7. The molecule has 10 heteroatoms. The number of nitrogens with one attached hydrogen (secondary N) is 1. The SMILES string of the molecule is COC(=O)c1sccc1S(=O)(=O)NCCn1nc2c(cc1=O)CCCC2. The number of hydrogen-bond donors (Lipinski definition) is 1. The highest BCUT2D eigenvalue weighted by atomic mass is 32.2. The van der Waals surface area contributed by atoms with E-state index in [9.17, 15) is 18.0 Å². The van der Waals surface area contributed by atoms with Gasteiger partial charge in [0.1, 0.15) is 9.77 Å². The number of fused-ring (bicyclic) bond motifs is 1. The number of carbonyl (C=O) groups is 1. The lowest BCUT2D eigenvalue weighted by Gasteiger charge is -2.16. The predicted octanol–water partition coefficient (Wildman–Crippen LogP) is 0.949. The molecule has 0 saturated heterocycles. The zero-order valence-electron chi connectivity index (χ0n) is 14.2. The van der Waals surface area contributed by atoms with E-state index in [0.29, 0.717) is 0 Å². The molecule has 140 valence electrons. The van der Waals surface area contributed by atoms with Crippen molar-refractivity contribution in [2.75, 3.05) is 13.7 Å². The summed E-state index contributed by atoms with van der Waals surface area (Å²) < 4.78 is 33.1. The van der Waals surface area contributed by atoms with Crippen LogP contribution in [0.4, 0.5) is 0 Å². The van der Waals surface area contributed by atoms with E-state index in [4.69, 9.17) is 0 Å². The van der Waals surface area contributed by atoms with Crippen LogP contribution in [-0.4, -0.2) is 37.8 Å². The number of sulfonamides is 1. The number of aryl methyl sites for hydroxylation is 2. The van der Waals surface area contributed by atoms with Crippen molar-refractivity contribution in [2.45, 2.75) is 37.1 Å². The number of hydrogen-bond acceptors (Lipinski definition) is 7. The summed E-state index contributed by atoms with van der Waals surface area (Å²) in [5.74, 6) is -0.701. The third-order valence-electron chi connectivity index (χ3n) is 4.18. The molecule has 26 heavy (non-hydrogen) atoms. The van der Waals surface area contributed by atoms with Crippen LogP contribution in [0.1, 0.15) is 33.8 Å². The molecule has 0 aromatic carbocycles. The zero-order valence-corrected chi connectivity index (χ0v) is 15.9. The molecule has 1 N–H and O–H groups in total. The van der Waals surface area contributed by atoms with E-state index in [1.807, 2.05) is 0 Å². The molecule has 0 spiro atoms. The van der Waals surface area contributed by atoms with Crippen LogP contribution in [0.5, 0.6) is 0 Å². The minimum absolute atomic E-state index is 0.00944. The standard InChI is InChI=1S/C16H19N3O5S2/c1-24-16(21)15-13(6-9-25-15)26(22,23)17-7-8-19-14(20)10-11-4-2-3-5-12(11)18-19/h6,9-10,17H,2-5,7-8H2,1H3. The Labute approximate surface area is 154 Å². The molecule has 0 bridgehead atoms. The third kappa shape index (κ3) is 3.87. The fraction of sp³-hybridized carbons (Fsp3) is 0.438. The molecule has 2 heterocycles. The van der Waals surface area contributed by atoms with E-state index in [0.717, 1.165) is 48.3 Å². The summed E-state index contributed by atoms with van der Waals surface area (Å²) in [5, 5.41) is 5.86. The largest absolute Gasteiger partial charge is 0.465 e. The lowest BCUT2D eigenvalue weighted by Crippen LogP contribution is -2.33. The van der Waals surface area contributed by atoms with Crippen LogP contribution >= 0.6 is 11.3 Å². The Bertz CT molecular complexity index is 978. The first-order valence-corrected chi connectivity index (χ1v) is 10.5. The van der Waals surface area contributed by atoms with Crippen LogP contribution in [-0.2, 0) is 34.1 Å². The first-order valence-electron chi connectivity index (χ1n) is 8.18. The average Bonchev–Trinajstić information content (AvgIpc) is 3.12. The van der Waals surface area contributed by atoms with Gasteiger partial charge in [0.2, 0.25) is 10.0 Å². The summed E-state index contributed by atoms with van der Waals surface area (Å²) in [6.45, 7) is 0.105. The number of rotatable bonds is 6. The van der Waals surface area contributed by atoms with Gasteiger partial charge >= 0.3 is 5.97 Å². The molecule has 1 aliphatic carbocycles. The highest BCUT2D eigenvalue weighted by molar-refractivity contribution is 7.89. The monoisotopic (exact) mass is 397 g/mol. The summed E-state index contributed by atoms with van der Waals surface area (Å²) in [6.07, 6.45) is 3.79. The van der Waals surface area contributed by atoms with Crippen molar-refractivity contribution in [1.82, 2.24) is 14.5 Å². The zero-order chi connectivity index (χ0) is 18.7.